The van der Waals surface area contributed by atoms with E-state index >= 15 is 0 Å². The molecular weight excluding hydrogens is 289 g/mol. The largest absolute Gasteiger partial charge is 0.278 e. The van der Waals surface area contributed by atoms with Crippen molar-refractivity contribution in [3.05, 3.63) is 71.1 Å². The highest BCUT2D eigenvalue weighted by atomic mass is 35.5. The molecule has 104 valence electrons. The van der Waals surface area contributed by atoms with Crippen LogP contribution in [0.3, 0.4) is 0 Å². The lowest BCUT2D eigenvalue weighted by Gasteiger charge is -2.05. The Hall–Kier alpha value is -2.46. The second-order valence-corrected chi connectivity index (χ2v) is 4.85. The zero-order valence-corrected chi connectivity index (χ0v) is 11.7. The number of nitrogens with one attached hydrogen (secondary N) is 1. The molecule has 3 rings (SSSR count). The van der Waals surface area contributed by atoms with Gasteiger partial charge in [-0.2, -0.15) is 5.10 Å². The third kappa shape index (κ3) is 3.01. The molecule has 0 saturated heterocycles. The minimum atomic E-state index is -0.311. The second-order valence-electron chi connectivity index (χ2n) is 4.41. The standard InChI is InChI=1S/C16H11ClFN3/c17-12-5-6-13-15(7-8-19-16(13)9-12)21-20-10-11-3-1-2-4-14(11)18/h1-10H,(H,19,21)/b20-10+. The summed E-state index contributed by atoms with van der Waals surface area (Å²) < 4.78 is 13.5. The maximum Gasteiger partial charge on any atom is 0.132 e. The molecule has 3 aromatic rings. The van der Waals surface area contributed by atoms with Crippen LogP contribution in [0.25, 0.3) is 10.9 Å². The van der Waals surface area contributed by atoms with Crippen LogP contribution < -0.4 is 5.43 Å². The van der Waals surface area contributed by atoms with Crippen LogP contribution in [0.15, 0.2) is 59.8 Å². The molecule has 0 aliphatic carbocycles. The number of anilines is 1. The summed E-state index contributed by atoms with van der Waals surface area (Å²) in [4.78, 5) is 4.25. The van der Waals surface area contributed by atoms with Crippen molar-refractivity contribution in [2.75, 3.05) is 5.43 Å². The van der Waals surface area contributed by atoms with Gasteiger partial charge >= 0.3 is 0 Å². The maximum atomic E-state index is 13.5. The van der Waals surface area contributed by atoms with Crippen LogP contribution in [-0.4, -0.2) is 11.2 Å². The first kappa shape index (κ1) is 13.5. The van der Waals surface area contributed by atoms with E-state index in [2.05, 4.69) is 15.5 Å². The summed E-state index contributed by atoms with van der Waals surface area (Å²) in [6, 6.07) is 13.7. The van der Waals surface area contributed by atoms with Crippen molar-refractivity contribution in [3.63, 3.8) is 0 Å². The topological polar surface area (TPSA) is 37.3 Å². The van der Waals surface area contributed by atoms with E-state index in [-0.39, 0.29) is 5.82 Å². The Bertz CT molecular complexity index is 817. The zero-order valence-electron chi connectivity index (χ0n) is 10.9. The highest BCUT2D eigenvalue weighted by molar-refractivity contribution is 6.31. The van der Waals surface area contributed by atoms with Gasteiger partial charge in [-0.3, -0.25) is 10.4 Å². The summed E-state index contributed by atoms with van der Waals surface area (Å²) >= 11 is 5.94. The monoisotopic (exact) mass is 299 g/mol. The molecule has 0 atom stereocenters. The number of aromatic nitrogens is 1. The van der Waals surface area contributed by atoms with E-state index in [0.29, 0.717) is 10.6 Å². The van der Waals surface area contributed by atoms with Crippen molar-refractivity contribution < 1.29 is 4.39 Å². The molecule has 2 aromatic carbocycles. The van der Waals surface area contributed by atoms with Gasteiger partial charge in [0.15, 0.2) is 0 Å². The van der Waals surface area contributed by atoms with E-state index in [4.69, 9.17) is 11.6 Å². The zero-order chi connectivity index (χ0) is 14.7. The van der Waals surface area contributed by atoms with Gasteiger partial charge < -0.3 is 0 Å². The second kappa shape index (κ2) is 5.89. The Morgan fingerprint density at radius 1 is 1.14 bits per heavy atom. The Labute approximate surface area is 126 Å². The van der Waals surface area contributed by atoms with Crippen LogP contribution in [0, 0.1) is 5.82 Å². The molecule has 1 aromatic heterocycles. The first-order chi connectivity index (χ1) is 10.2. The van der Waals surface area contributed by atoms with E-state index in [1.165, 1.54) is 12.3 Å². The highest BCUT2D eigenvalue weighted by Crippen LogP contribution is 2.24. The van der Waals surface area contributed by atoms with Crippen LogP contribution in [0.2, 0.25) is 5.02 Å². The lowest BCUT2D eigenvalue weighted by atomic mass is 10.2. The van der Waals surface area contributed by atoms with Crippen LogP contribution in [-0.2, 0) is 0 Å². The van der Waals surface area contributed by atoms with Gasteiger partial charge in [-0.25, -0.2) is 4.39 Å². The van der Waals surface area contributed by atoms with E-state index in [1.54, 1.807) is 42.6 Å². The first-order valence-corrected chi connectivity index (χ1v) is 6.70. The highest BCUT2D eigenvalue weighted by Gasteiger charge is 2.02. The number of pyridine rings is 1. The molecule has 0 bridgehead atoms. The van der Waals surface area contributed by atoms with Gasteiger partial charge in [0.1, 0.15) is 5.82 Å². The average Bonchev–Trinajstić information content (AvgIpc) is 2.49. The Kier molecular flexibility index (Phi) is 3.79. The van der Waals surface area contributed by atoms with Crippen molar-refractivity contribution in [3.8, 4) is 0 Å². The van der Waals surface area contributed by atoms with Crippen molar-refractivity contribution in [2.24, 2.45) is 5.10 Å². The van der Waals surface area contributed by atoms with Gasteiger partial charge in [0, 0.05) is 22.2 Å². The van der Waals surface area contributed by atoms with Gasteiger partial charge in [-0.15, -0.1) is 0 Å². The number of hydrogen-bond donors (Lipinski definition) is 1. The third-order valence-corrected chi connectivity index (χ3v) is 3.23. The molecular formula is C16H11ClFN3. The average molecular weight is 300 g/mol. The quantitative estimate of drug-likeness (QED) is 0.572. The van der Waals surface area contributed by atoms with E-state index in [1.807, 2.05) is 6.07 Å². The fraction of sp³-hybridized carbons (Fsp3) is 0. The number of nitrogens with zero attached hydrogens (tertiary/aromatic N) is 2. The molecule has 0 unspecified atom stereocenters. The molecule has 0 aliphatic rings. The van der Waals surface area contributed by atoms with Crippen molar-refractivity contribution >= 4 is 34.4 Å². The van der Waals surface area contributed by atoms with Crippen LogP contribution in [0.1, 0.15) is 5.56 Å². The molecule has 1 heterocycles. The number of hydrogen-bond acceptors (Lipinski definition) is 3. The lowest BCUT2D eigenvalue weighted by molar-refractivity contribution is 0.626. The number of halogens is 2. The summed E-state index contributed by atoms with van der Waals surface area (Å²) in [6.07, 6.45) is 3.11. The number of fused-ring (bicyclic) bond motifs is 1. The number of rotatable bonds is 3. The Morgan fingerprint density at radius 3 is 2.86 bits per heavy atom. The molecule has 0 radical (unpaired) electrons. The smallest absolute Gasteiger partial charge is 0.132 e. The maximum absolute atomic E-state index is 13.5. The summed E-state index contributed by atoms with van der Waals surface area (Å²) in [7, 11) is 0. The van der Waals surface area contributed by atoms with Gasteiger partial charge in [0.25, 0.3) is 0 Å². The van der Waals surface area contributed by atoms with Crippen molar-refractivity contribution in [1.82, 2.24) is 4.98 Å². The van der Waals surface area contributed by atoms with Crippen LogP contribution >= 0.6 is 11.6 Å². The number of hydrazone groups is 1. The van der Waals surface area contributed by atoms with Gasteiger partial charge in [0.2, 0.25) is 0 Å². The van der Waals surface area contributed by atoms with Gasteiger partial charge in [0.05, 0.1) is 17.4 Å². The third-order valence-electron chi connectivity index (χ3n) is 3.00. The van der Waals surface area contributed by atoms with Crippen LogP contribution in [0.5, 0.6) is 0 Å². The lowest BCUT2D eigenvalue weighted by Crippen LogP contribution is -1.94. The predicted octanol–water partition coefficient (Wildman–Crippen LogP) is 4.47. The fourth-order valence-electron chi connectivity index (χ4n) is 1.97. The fourth-order valence-corrected chi connectivity index (χ4v) is 2.14. The first-order valence-electron chi connectivity index (χ1n) is 6.32. The molecule has 5 heteroatoms. The Morgan fingerprint density at radius 2 is 2.00 bits per heavy atom. The summed E-state index contributed by atoms with van der Waals surface area (Å²) in [5.41, 5.74) is 4.88. The van der Waals surface area contributed by atoms with Crippen molar-refractivity contribution in [2.45, 2.75) is 0 Å². The summed E-state index contributed by atoms with van der Waals surface area (Å²) in [5, 5.41) is 5.59. The SMILES string of the molecule is Fc1ccccc1/C=N/Nc1ccnc2cc(Cl)ccc12. The Balaban J connectivity index is 1.87. The predicted molar refractivity (Wildman–Crippen MR) is 84.4 cm³/mol. The molecule has 21 heavy (non-hydrogen) atoms. The van der Waals surface area contributed by atoms with E-state index < -0.39 is 0 Å². The minimum Gasteiger partial charge on any atom is -0.278 e. The van der Waals surface area contributed by atoms with E-state index in [9.17, 15) is 4.39 Å². The summed E-state index contributed by atoms with van der Waals surface area (Å²) in [6.45, 7) is 0. The molecule has 0 amide bonds. The van der Waals surface area contributed by atoms with E-state index in [0.717, 1.165) is 16.6 Å². The number of benzene rings is 2. The molecule has 0 saturated carbocycles. The molecule has 3 nitrogen and oxygen atoms in total. The summed E-state index contributed by atoms with van der Waals surface area (Å²) in [5.74, 6) is -0.311. The van der Waals surface area contributed by atoms with Crippen LogP contribution in [0.4, 0.5) is 10.1 Å². The molecule has 1 N–H and O–H groups in total. The van der Waals surface area contributed by atoms with Crippen molar-refractivity contribution in [1.29, 1.82) is 0 Å². The van der Waals surface area contributed by atoms with Gasteiger partial charge in [-0.1, -0.05) is 29.8 Å². The minimum absolute atomic E-state index is 0.311. The van der Waals surface area contributed by atoms with Gasteiger partial charge in [-0.05, 0) is 30.3 Å². The normalized spacial score (nSPS) is 11.1. The molecule has 0 aliphatic heterocycles. The molecule has 0 fully saturated rings. The molecule has 0 spiro atoms.